The van der Waals surface area contributed by atoms with E-state index in [4.69, 9.17) is 15.6 Å². The zero-order valence-electron chi connectivity index (χ0n) is 11.1. The maximum Gasteiger partial charge on any atom is 0.325 e. The molecule has 1 atom stereocenters. The van der Waals surface area contributed by atoms with Gasteiger partial charge in [0.25, 0.3) is 0 Å². The van der Waals surface area contributed by atoms with Gasteiger partial charge in [0, 0.05) is 30.4 Å². The number of aliphatic carboxylic acids is 1. The monoisotopic (exact) mass is 264 g/mol. The van der Waals surface area contributed by atoms with Crippen LogP contribution >= 0.6 is 0 Å². The second-order valence-corrected chi connectivity index (χ2v) is 4.79. The first-order valence-electron chi connectivity index (χ1n) is 6.54. The van der Waals surface area contributed by atoms with Crippen molar-refractivity contribution in [2.24, 2.45) is 5.73 Å². The molecule has 0 aliphatic carbocycles. The number of nitrogens with zero attached hydrogens (tertiary/aromatic N) is 1. The highest BCUT2D eigenvalue weighted by Gasteiger charge is 2.20. The fraction of sp³-hybridized carbons (Fsp3) is 0.500. The molecule has 1 aromatic carbocycles. The van der Waals surface area contributed by atoms with Crippen molar-refractivity contribution < 1.29 is 14.6 Å². The van der Waals surface area contributed by atoms with E-state index in [1.165, 1.54) is 26.4 Å². The fourth-order valence-electron chi connectivity index (χ4n) is 2.44. The number of methoxy groups -OCH3 is 1. The maximum atomic E-state index is 11.0. The molecule has 5 heteroatoms. The Morgan fingerprint density at radius 2 is 2.05 bits per heavy atom. The van der Waals surface area contributed by atoms with E-state index in [1.807, 2.05) is 12.1 Å². The van der Waals surface area contributed by atoms with Crippen LogP contribution in [-0.4, -0.2) is 31.3 Å². The van der Waals surface area contributed by atoms with Gasteiger partial charge in [0.2, 0.25) is 0 Å². The van der Waals surface area contributed by atoms with E-state index in [-0.39, 0.29) is 0 Å². The van der Waals surface area contributed by atoms with E-state index in [0.29, 0.717) is 11.3 Å². The van der Waals surface area contributed by atoms with E-state index < -0.39 is 12.0 Å². The van der Waals surface area contributed by atoms with Gasteiger partial charge >= 0.3 is 5.97 Å². The van der Waals surface area contributed by atoms with Crippen molar-refractivity contribution in [3.8, 4) is 5.75 Å². The number of hydrogen-bond acceptors (Lipinski definition) is 4. The highest BCUT2D eigenvalue weighted by Crippen LogP contribution is 2.30. The molecule has 1 heterocycles. The third kappa shape index (κ3) is 2.98. The van der Waals surface area contributed by atoms with Gasteiger partial charge in [-0.25, -0.2) is 0 Å². The molecular formula is C14H20N2O3. The summed E-state index contributed by atoms with van der Waals surface area (Å²) in [7, 11) is 1.54. The first kappa shape index (κ1) is 13.7. The van der Waals surface area contributed by atoms with Crippen LogP contribution in [0.3, 0.4) is 0 Å². The molecule has 19 heavy (non-hydrogen) atoms. The smallest absolute Gasteiger partial charge is 0.325 e. The second-order valence-electron chi connectivity index (χ2n) is 4.79. The first-order chi connectivity index (χ1) is 9.13. The van der Waals surface area contributed by atoms with Crippen LogP contribution in [0.1, 0.15) is 30.9 Å². The Balaban J connectivity index is 2.27. The number of ether oxygens (including phenoxy) is 1. The molecule has 1 saturated heterocycles. The van der Waals surface area contributed by atoms with E-state index in [0.717, 1.165) is 18.8 Å². The molecule has 0 amide bonds. The summed E-state index contributed by atoms with van der Waals surface area (Å²) in [5.74, 6) is -0.512. The van der Waals surface area contributed by atoms with Crippen molar-refractivity contribution >= 4 is 11.7 Å². The summed E-state index contributed by atoms with van der Waals surface area (Å²) in [6, 6.07) is 4.50. The molecule has 1 aliphatic heterocycles. The second kappa shape index (κ2) is 5.93. The third-order valence-corrected chi connectivity index (χ3v) is 3.54. The molecule has 0 unspecified atom stereocenters. The molecule has 0 spiro atoms. The van der Waals surface area contributed by atoms with E-state index in [9.17, 15) is 4.79 Å². The standard InChI is InChI=1S/C14H20N2O3/c1-19-12-9-10(16-7-3-2-4-8-16)5-6-11(12)13(15)14(17)18/h5-6,9,13H,2-4,7-8,15H2,1H3,(H,17,18)/t13-/m0/s1. The molecule has 2 rings (SSSR count). The third-order valence-electron chi connectivity index (χ3n) is 3.54. The Kier molecular flexibility index (Phi) is 4.27. The lowest BCUT2D eigenvalue weighted by atomic mass is 10.0. The lowest BCUT2D eigenvalue weighted by molar-refractivity contribution is -0.138. The van der Waals surface area contributed by atoms with Gasteiger partial charge in [-0.05, 0) is 25.3 Å². The van der Waals surface area contributed by atoms with Crippen molar-refractivity contribution in [1.29, 1.82) is 0 Å². The summed E-state index contributed by atoms with van der Waals surface area (Å²) in [5, 5.41) is 8.98. The van der Waals surface area contributed by atoms with Crippen molar-refractivity contribution in [2.45, 2.75) is 25.3 Å². The minimum atomic E-state index is -1.05. The zero-order valence-corrected chi connectivity index (χ0v) is 11.1. The minimum Gasteiger partial charge on any atom is -0.496 e. The van der Waals surface area contributed by atoms with Gasteiger partial charge in [0.1, 0.15) is 11.8 Å². The van der Waals surface area contributed by atoms with Crippen molar-refractivity contribution in [3.63, 3.8) is 0 Å². The van der Waals surface area contributed by atoms with E-state index in [2.05, 4.69) is 4.90 Å². The molecule has 1 aromatic rings. The van der Waals surface area contributed by atoms with Crippen LogP contribution in [-0.2, 0) is 4.79 Å². The SMILES string of the molecule is COc1cc(N2CCCCC2)ccc1[C@H](N)C(=O)O. The number of carbonyl (C=O) groups is 1. The average molecular weight is 264 g/mol. The lowest BCUT2D eigenvalue weighted by Crippen LogP contribution is -2.29. The van der Waals surface area contributed by atoms with Crippen LogP contribution < -0.4 is 15.4 Å². The zero-order chi connectivity index (χ0) is 13.8. The summed E-state index contributed by atoms with van der Waals surface area (Å²) in [6.45, 7) is 2.07. The number of anilines is 1. The largest absolute Gasteiger partial charge is 0.496 e. The van der Waals surface area contributed by atoms with Gasteiger partial charge in [0.05, 0.1) is 7.11 Å². The first-order valence-corrected chi connectivity index (χ1v) is 6.54. The molecule has 1 fully saturated rings. The molecule has 0 radical (unpaired) electrons. The quantitative estimate of drug-likeness (QED) is 0.866. The van der Waals surface area contributed by atoms with Crippen molar-refractivity contribution in [2.75, 3.05) is 25.1 Å². The molecule has 5 nitrogen and oxygen atoms in total. The predicted octanol–water partition coefficient (Wildman–Crippen LogP) is 1.77. The maximum absolute atomic E-state index is 11.0. The minimum absolute atomic E-state index is 0.510. The fourth-order valence-corrected chi connectivity index (χ4v) is 2.44. The van der Waals surface area contributed by atoms with Crippen LogP contribution in [0.15, 0.2) is 18.2 Å². The van der Waals surface area contributed by atoms with Gasteiger partial charge in [-0.3, -0.25) is 4.79 Å². The van der Waals surface area contributed by atoms with Gasteiger partial charge in [0.15, 0.2) is 0 Å². The number of benzene rings is 1. The topological polar surface area (TPSA) is 75.8 Å². The summed E-state index contributed by atoms with van der Waals surface area (Å²) in [4.78, 5) is 13.3. The Hall–Kier alpha value is -1.75. The average Bonchev–Trinajstić information content (AvgIpc) is 2.46. The number of hydrogen-bond donors (Lipinski definition) is 2. The molecule has 0 bridgehead atoms. The van der Waals surface area contributed by atoms with Crippen LogP contribution in [0.25, 0.3) is 0 Å². The van der Waals surface area contributed by atoms with Gasteiger partial charge in [-0.2, -0.15) is 0 Å². The number of carboxylic acid groups (broad SMARTS) is 1. The normalized spacial score (nSPS) is 17.1. The summed E-state index contributed by atoms with van der Waals surface area (Å²) < 4.78 is 5.28. The number of piperidine rings is 1. The van der Waals surface area contributed by atoms with E-state index >= 15 is 0 Å². The Labute approximate surface area is 113 Å². The Morgan fingerprint density at radius 3 is 2.63 bits per heavy atom. The Bertz CT molecular complexity index is 456. The van der Waals surface area contributed by atoms with Crippen LogP contribution in [0.5, 0.6) is 5.75 Å². The summed E-state index contributed by atoms with van der Waals surface area (Å²) in [6.07, 6.45) is 3.66. The highest BCUT2D eigenvalue weighted by atomic mass is 16.5. The van der Waals surface area contributed by atoms with Crippen molar-refractivity contribution in [3.05, 3.63) is 23.8 Å². The summed E-state index contributed by atoms with van der Waals surface area (Å²) >= 11 is 0. The highest BCUT2D eigenvalue weighted by molar-refractivity contribution is 5.77. The molecule has 0 saturated carbocycles. The molecule has 104 valence electrons. The number of rotatable bonds is 4. The van der Waals surface area contributed by atoms with E-state index in [1.54, 1.807) is 6.07 Å². The van der Waals surface area contributed by atoms with Gasteiger partial charge in [-0.1, -0.05) is 6.07 Å². The van der Waals surface area contributed by atoms with Crippen LogP contribution in [0.4, 0.5) is 5.69 Å². The molecule has 0 aromatic heterocycles. The number of nitrogens with two attached hydrogens (primary N) is 1. The predicted molar refractivity (Wildman–Crippen MR) is 73.6 cm³/mol. The lowest BCUT2D eigenvalue weighted by Gasteiger charge is -2.29. The number of carboxylic acids is 1. The van der Waals surface area contributed by atoms with Gasteiger partial charge < -0.3 is 20.5 Å². The molecule has 1 aliphatic rings. The summed E-state index contributed by atoms with van der Waals surface area (Å²) in [5.41, 5.74) is 7.23. The van der Waals surface area contributed by atoms with Crippen LogP contribution in [0, 0.1) is 0 Å². The Morgan fingerprint density at radius 1 is 1.37 bits per heavy atom. The van der Waals surface area contributed by atoms with Gasteiger partial charge in [-0.15, -0.1) is 0 Å². The molecular weight excluding hydrogens is 244 g/mol. The van der Waals surface area contributed by atoms with Crippen LogP contribution in [0.2, 0.25) is 0 Å². The molecule has 3 N–H and O–H groups in total. The van der Waals surface area contributed by atoms with Crippen molar-refractivity contribution in [1.82, 2.24) is 0 Å².